The number of imidazole rings is 1. The zero-order valence-electron chi connectivity index (χ0n) is 25.2. The lowest BCUT2D eigenvalue weighted by Crippen LogP contribution is -2.60. The number of nitrogens with one attached hydrogen (secondary N) is 2. The summed E-state index contributed by atoms with van der Waals surface area (Å²) < 4.78 is 56.9. The average Bonchev–Trinajstić information content (AvgIpc) is 3.43. The van der Waals surface area contributed by atoms with Gasteiger partial charge in [0.1, 0.15) is 5.82 Å². The molecule has 3 unspecified atom stereocenters. The van der Waals surface area contributed by atoms with E-state index >= 15 is 0 Å². The minimum Gasteiger partial charge on any atom is -0.335 e. The maximum absolute atomic E-state index is 14.9. The van der Waals surface area contributed by atoms with Crippen molar-refractivity contribution in [2.24, 2.45) is 11.8 Å². The number of piperazine rings is 1. The molecule has 3 atom stereocenters. The van der Waals surface area contributed by atoms with Crippen LogP contribution in [0.3, 0.4) is 0 Å². The van der Waals surface area contributed by atoms with Crippen LogP contribution in [0.2, 0.25) is 0 Å². The van der Waals surface area contributed by atoms with Crippen LogP contribution in [-0.4, -0.2) is 69.3 Å². The van der Waals surface area contributed by atoms with Crippen molar-refractivity contribution in [3.63, 3.8) is 0 Å². The zero-order chi connectivity index (χ0) is 32.0. The van der Waals surface area contributed by atoms with Gasteiger partial charge in [-0.05, 0) is 74.9 Å². The van der Waals surface area contributed by atoms with Crippen molar-refractivity contribution in [1.29, 1.82) is 0 Å². The summed E-state index contributed by atoms with van der Waals surface area (Å²) in [5.74, 6) is -2.33. The molecule has 9 nitrogen and oxygen atoms in total. The van der Waals surface area contributed by atoms with Crippen molar-refractivity contribution in [2.75, 3.05) is 26.2 Å². The maximum atomic E-state index is 14.9. The number of hydrazine groups is 1. The molecule has 6 rings (SSSR count). The summed E-state index contributed by atoms with van der Waals surface area (Å²) in [4.78, 5) is 45.9. The van der Waals surface area contributed by atoms with E-state index in [4.69, 9.17) is 0 Å². The molecule has 2 aromatic carbocycles. The van der Waals surface area contributed by atoms with Crippen molar-refractivity contribution >= 4 is 28.8 Å². The lowest BCUT2D eigenvalue weighted by Gasteiger charge is -2.41. The van der Waals surface area contributed by atoms with Crippen molar-refractivity contribution in [3.05, 3.63) is 64.7 Å². The summed E-state index contributed by atoms with van der Waals surface area (Å²) in [6.45, 7) is 4.00. The molecule has 3 heterocycles. The zero-order valence-corrected chi connectivity index (χ0v) is 25.2. The molecule has 1 saturated carbocycles. The minimum atomic E-state index is -4.64. The Bertz CT molecular complexity index is 1630. The molecule has 0 radical (unpaired) electrons. The Morgan fingerprint density at radius 2 is 1.67 bits per heavy atom. The summed E-state index contributed by atoms with van der Waals surface area (Å²) in [6, 6.07) is 8.37. The Balaban J connectivity index is 1.12. The third kappa shape index (κ3) is 6.01. The Hall–Kier alpha value is -4.00. The van der Waals surface area contributed by atoms with Crippen molar-refractivity contribution < 1.29 is 31.9 Å². The second-order valence-electron chi connectivity index (χ2n) is 12.5. The summed E-state index contributed by atoms with van der Waals surface area (Å²) >= 11 is 0. The van der Waals surface area contributed by atoms with Gasteiger partial charge in [0.25, 0.3) is 11.8 Å². The van der Waals surface area contributed by atoms with E-state index in [1.807, 2.05) is 0 Å². The van der Waals surface area contributed by atoms with E-state index in [9.17, 15) is 31.9 Å². The number of carbonyl (C=O) groups is 3. The standard InChI is InChI=1S/C32H36F4N6O3/c1-18(2)42-27-10-8-20(17-26(27)37-31(42)32(34,35)36)29(44)40-11-13-41(14-12-40)30(45)23-15-19(7-9-24(23)33)16-25-21-5-3-4-6-22(21)28(43)39-38-25/h7-10,15,17-18,21-22,25,38H,3-6,11-14,16H2,1-2H3,(H,39,43). The molecule has 0 spiro atoms. The van der Waals surface area contributed by atoms with Gasteiger partial charge in [-0.15, -0.1) is 0 Å². The monoisotopic (exact) mass is 628 g/mol. The second-order valence-corrected chi connectivity index (χ2v) is 12.5. The van der Waals surface area contributed by atoms with E-state index in [-0.39, 0.29) is 78.0 Å². The Morgan fingerprint density at radius 1 is 0.978 bits per heavy atom. The highest BCUT2D eigenvalue weighted by Gasteiger charge is 2.40. The van der Waals surface area contributed by atoms with Crippen molar-refractivity contribution in [2.45, 2.75) is 64.2 Å². The molecule has 13 heteroatoms. The van der Waals surface area contributed by atoms with Gasteiger partial charge >= 0.3 is 6.18 Å². The summed E-state index contributed by atoms with van der Waals surface area (Å²) in [7, 11) is 0. The molecule has 3 amide bonds. The number of fused-ring (bicyclic) bond motifs is 2. The van der Waals surface area contributed by atoms with Gasteiger partial charge in [-0.1, -0.05) is 18.9 Å². The first kappa shape index (κ1) is 31.0. The number of nitrogens with zero attached hydrogens (tertiary/aromatic N) is 4. The van der Waals surface area contributed by atoms with E-state index in [1.165, 1.54) is 34.1 Å². The fourth-order valence-electron chi connectivity index (χ4n) is 7.07. The van der Waals surface area contributed by atoms with Crippen LogP contribution in [-0.2, 0) is 17.4 Å². The second kappa shape index (κ2) is 12.1. The molecule has 2 aliphatic heterocycles. The fraction of sp³-hybridized carbons (Fsp3) is 0.500. The molecule has 0 bridgehead atoms. The normalized spacial score (nSPS) is 22.5. The van der Waals surface area contributed by atoms with Gasteiger partial charge in [-0.3, -0.25) is 19.8 Å². The molecule has 3 aliphatic rings. The lowest BCUT2D eigenvalue weighted by atomic mass is 9.72. The van der Waals surface area contributed by atoms with Gasteiger partial charge in [0, 0.05) is 49.7 Å². The number of alkyl halides is 3. The van der Waals surface area contributed by atoms with Crippen LogP contribution in [0.15, 0.2) is 36.4 Å². The number of rotatable bonds is 5. The molecular formula is C32H36F4N6O3. The molecule has 1 aliphatic carbocycles. The first-order valence-corrected chi connectivity index (χ1v) is 15.4. The maximum Gasteiger partial charge on any atom is 0.449 e. The van der Waals surface area contributed by atoms with E-state index in [0.29, 0.717) is 6.42 Å². The summed E-state index contributed by atoms with van der Waals surface area (Å²) in [5.41, 5.74) is 7.21. The number of benzene rings is 2. The predicted octanol–water partition coefficient (Wildman–Crippen LogP) is 4.73. The van der Waals surface area contributed by atoms with E-state index < -0.39 is 29.8 Å². The average molecular weight is 629 g/mol. The van der Waals surface area contributed by atoms with Crippen LogP contribution in [0.5, 0.6) is 0 Å². The van der Waals surface area contributed by atoms with Gasteiger partial charge in [0.15, 0.2) is 0 Å². The van der Waals surface area contributed by atoms with Crippen LogP contribution >= 0.6 is 0 Å². The molecule has 3 aromatic rings. The SMILES string of the molecule is CC(C)n1c(C(F)(F)F)nc2cc(C(=O)N3CCN(C(=O)c4cc(CC5NNC(=O)C6CCCCC56)ccc4F)CC3)ccc21. The highest BCUT2D eigenvalue weighted by atomic mass is 19.4. The Kier molecular flexibility index (Phi) is 8.31. The molecule has 1 aromatic heterocycles. The van der Waals surface area contributed by atoms with Crippen LogP contribution in [0.1, 0.15) is 77.7 Å². The number of hydrogen-bond donors (Lipinski definition) is 2. The number of carbonyl (C=O) groups excluding carboxylic acids is 3. The third-order valence-corrected chi connectivity index (χ3v) is 9.33. The number of hydrogen-bond acceptors (Lipinski definition) is 5. The van der Waals surface area contributed by atoms with E-state index in [0.717, 1.165) is 35.8 Å². The summed E-state index contributed by atoms with van der Waals surface area (Å²) in [5, 5.41) is 0. The van der Waals surface area contributed by atoms with Crippen LogP contribution in [0.25, 0.3) is 11.0 Å². The lowest BCUT2D eigenvalue weighted by molar-refractivity contribution is -0.147. The number of amides is 3. The van der Waals surface area contributed by atoms with Crippen LogP contribution in [0, 0.1) is 17.7 Å². The summed E-state index contributed by atoms with van der Waals surface area (Å²) in [6.07, 6.45) is -0.226. The Labute approximate surface area is 257 Å². The highest BCUT2D eigenvalue weighted by Crippen LogP contribution is 2.36. The quantitative estimate of drug-likeness (QED) is 0.399. The highest BCUT2D eigenvalue weighted by molar-refractivity contribution is 5.98. The molecular weight excluding hydrogens is 592 g/mol. The van der Waals surface area contributed by atoms with Crippen molar-refractivity contribution in [3.8, 4) is 0 Å². The minimum absolute atomic E-state index is 0.0154. The first-order chi connectivity index (χ1) is 21.4. The largest absolute Gasteiger partial charge is 0.449 e. The van der Waals surface area contributed by atoms with Gasteiger partial charge in [-0.25, -0.2) is 14.8 Å². The van der Waals surface area contributed by atoms with E-state index in [2.05, 4.69) is 15.8 Å². The number of halogens is 4. The smallest absolute Gasteiger partial charge is 0.335 e. The van der Waals surface area contributed by atoms with Gasteiger partial charge in [0.05, 0.1) is 16.6 Å². The fourth-order valence-corrected chi connectivity index (χ4v) is 7.07. The Morgan fingerprint density at radius 3 is 2.36 bits per heavy atom. The van der Waals surface area contributed by atoms with Crippen LogP contribution < -0.4 is 10.9 Å². The molecule has 2 N–H and O–H groups in total. The number of aromatic nitrogens is 2. The van der Waals surface area contributed by atoms with Crippen LogP contribution in [0.4, 0.5) is 17.6 Å². The van der Waals surface area contributed by atoms with Crippen molar-refractivity contribution in [1.82, 2.24) is 30.2 Å². The van der Waals surface area contributed by atoms with Gasteiger partial charge in [-0.2, -0.15) is 13.2 Å². The molecule has 45 heavy (non-hydrogen) atoms. The first-order valence-electron chi connectivity index (χ1n) is 15.4. The molecule has 2 saturated heterocycles. The van der Waals surface area contributed by atoms with Gasteiger partial charge < -0.3 is 14.4 Å². The molecule has 3 fully saturated rings. The topological polar surface area (TPSA) is 99.6 Å². The van der Waals surface area contributed by atoms with Gasteiger partial charge in [0.2, 0.25) is 11.7 Å². The van der Waals surface area contributed by atoms with E-state index in [1.54, 1.807) is 26.0 Å². The molecule has 240 valence electrons. The predicted molar refractivity (Wildman–Crippen MR) is 158 cm³/mol. The third-order valence-electron chi connectivity index (χ3n) is 9.33.